The lowest BCUT2D eigenvalue weighted by Crippen LogP contribution is -2.28. The minimum absolute atomic E-state index is 0.140. The topological polar surface area (TPSA) is 61.8 Å². The zero-order valence-corrected chi connectivity index (χ0v) is 13.2. The molecule has 104 valence electrons. The van der Waals surface area contributed by atoms with Crippen LogP contribution in [0.5, 0.6) is 0 Å². The summed E-state index contributed by atoms with van der Waals surface area (Å²) in [5.74, 6) is 0. The predicted molar refractivity (Wildman–Crippen MR) is 80.1 cm³/mol. The van der Waals surface area contributed by atoms with Gasteiger partial charge in [-0.15, -0.1) is 0 Å². The predicted octanol–water partition coefficient (Wildman–Crippen LogP) is 3.35. The van der Waals surface area contributed by atoms with Gasteiger partial charge >= 0.3 is 0 Å². The molecule has 0 saturated heterocycles. The van der Waals surface area contributed by atoms with Crippen molar-refractivity contribution in [2.45, 2.75) is 32.4 Å². The number of aromatic nitrogens is 2. The third-order valence-corrected chi connectivity index (χ3v) is 3.86. The van der Waals surface area contributed by atoms with E-state index in [2.05, 4.69) is 27.1 Å². The summed E-state index contributed by atoms with van der Waals surface area (Å²) in [6.45, 7) is 5.75. The van der Waals surface area contributed by atoms with E-state index < -0.39 is 5.60 Å². The smallest absolute Gasteiger partial charge is 0.129 e. The Hall–Kier alpha value is -1.64. The van der Waals surface area contributed by atoms with Crippen LogP contribution in [0, 0.1) is 11.3 Å². The van der Waals surface area contributed by atoms with E-state index in [9.17, 15) is 5.11 Å². The standard InChI is InChI=1S/C15H16BrN3O/c1-10(2)19-14(13(16)9-18-19)15(3,20)12-6-4-11(8-17)5-7-12/h4-7,9-10,20H,1-3H3. The van der Waals surface area contributed by atoms with E-state index >= 15 is 0 Å². The van der Waals surface area contributed by atoms with Crippen LogP contribution in [0.15, 0.2) is 34.9 Å². The Balaban J connectivity index is 2.54. The summed E-state index contributed by atoms with van der Waals surface area (Å²) in [5.41, 5.74) is 0.811. The number of hydrogen-bond acceptors (Lipinski definition) is 3. The Bertz CT molecular complexity index is 651. The van der Waals surface area contributed by atoms with Crippen LogP contribution in [0.3, 0.4) is 0 Å². The molecule has 0 aliphatic carbocycles. The second-order valence-corrected chi connectivity index (χ2v) is 6.00. The van der Waals surface area contributed by atoms with E-state index in [-0.39, 0.29) is 6.04 Å². The van der Waals surface area contributed by atoms with Gasteiger partial charge in [0.05, 0.1) is 28.0 Å². The summed E-state index contributed by atoms with van der Waals surface area (Å²) in [7, 11) is 0. The van der Waals surface area contributed by atoms with Gasteiger partial charge in [0.2, 0.25) is 0 Å². The van der Waals surface area contributed by atoms with E-state index in [1.807, 2.05) is 13.8 Å². The highest BCUT2D eigenvalue weighted by atomic mass is 79.9. The second kappa shape index (κ2) is 5.39. The summed E-state index contributed by atoms with van der Waals surface area (Å²) in [6, 6.07) is 9.15. The van der Waals surface area contributed by atoms with Gasteiger partial charge in [0, 0.05) is 6.04 Å². The first-order valence-electron chi connectivity index (χ1n) is 6.34. The van der Waals surface area contributed by atoms with Crippen molar-refractivity contribution in [2.24, 2.45) is 0 Å². The molecule has 1 N–H and O–H groups in total. The molecular formula is C15H16BrN3O. The highest BCUT2D eigenvalue weighted by molar-refractivity contribution is 9.10. The largest absolute Gasteiger partial charge is 0.379 e. The lowest BCUT2D eigenvalue weighted by molar-refractivity contribution is 0.0892. The molecule has 0 radical (unpaired) electrons. The van der Waals surface area contributed by atoms with Crippen LogP contribution in [0.1, 0.15) is 43.6 Å². The first-order chi connectivity index (χ1) is 9.37. The average molecular weight is 334 g/mol. The van der Waals surface area contributed by atoms with Crippen LogP contribution in [0.25, 0.3) is 0 Å². The Labute approximate surface area is 126 Å². The molecule has 0 spiro atoms. The number of halogens is 1. The van der Waals surface area contributed by atoms with Crippen molar-refractivity contribution in [1.29, 1.82) is 5.26 Å². The van der Waals surface area contributed by atoms with Gasteiger partial charge in [0.1, 0.15) is 5.60 Å². The maximum Gasteiger partial charge on any atom is 0.129 e. The highest BCUT2D eigenvalue weighted by Gasteiger charge is 2.32. The number of nitriles is 1. The molecule has 1 aromatic heterocycles. The molecule has 1 atom stereocenters. The summed E-state index contributed by atoms with van der Waals surface area (Å²) in [4.78, 5) is 0. The molecule has 4 nitrogen and oxygen atoms in total. The van der Waals surface area contributed by atoms with Crippen LogP contribution in [-0.4, -0.2) is 14.9 Å². The first kappa shape index (κ1) is 14.8. The van der Waals surface area contributed by atoms with Crippen LogP contribution in [0.2, 0.25) is 0 Å². The Kier molecular flexibility index (Phi) is 3.98. The Morgan fingerprint density at radius 1 is 1.35 bits per heavy atom. The van der Waals surface area contributed by atoms with Gasteiger partial charge in [-0.3, -0.25) is 4.68 Å². The molecule has 0 aliphatic rings. The minimum Gasteiger partial charge on any atom is -0.379 e. The van der Waals surface area contributed by atoms with Gasteiger partial charge in [0.25, 0.3) is 0 Å². The lowest BCUT2D eigenvalue weighted by Gasteiger charge is -2.27. The van der Waals surface area contributed by atoms with Crippen LogP contribution in [0.4, 0.5) is 0 Å². The van der Waals surface area contributed by atoms with Gasteiger partial charge in [-0.1, -0.05) is 12.1 Å². The molecule has 1 heterocycles. The molecule has 0 amide bonds. The number of benzene rings is 1. The van der Waals surface area contributed by atoms with Crippen molar-refractivity contribution < 1.29 is 5.11 Å². The summed E-state index contributed by atoms with van der Waals surface area (Å²) >= 11 is 3.45. The van der Waals surface area contributed by atoms with Crippen LogP contribution < -0.4 is 0 Å². The van der Waals surface area contributed by atoms with Crippen molar-refractivity contribution in [3.63, 3.8) is 0 Å². The third kappa shape index (κ3) is 2.49. The molecule has 0 bridgehead atoms. The van der Waals surface area contributed by atoms with Gasteiger partial charge < -0.3 is 5.11 Å². The monoisotopic (exact) mass is 333 g/mol. The number of aliphatic hydroxyl groups is 1. The molecule has 5 heteroatoms. The summed E-state index contributed by atoms with van der Waals surface area (Å²) in [6.07, 6.45) is 1.69. The van der Waals surface area contributed by atoms with Crippen molar-refractivity contribution in [3.05, 3.63) is 51.8 Å². The van der Waals surface area contributed by atoms with E-state index in [4.69, 9.17) is 5.26 Å². The third-order valence-electron chi connectivity index (χ3n) is 3.28. The fourth-order valence-electron chi connectivity index (χ4n) is 2.19. The molecule has 20 heavy (non-hydrogen) atoms. The van der Waals surface area contributed by atoms with Crippen molar-refractivity contribution in [3.8, 4) is 6.07 Å². The Morgan fingerprint density at radius 3 is 2.45 bits per heavy atom. The molecule has 0 saturated carbocycles. The molecule has 1 unspecified atom stereocenters. The van der Waals surface area contributed by atoms with Gasteiger partial charge in [-0.25, -0.2) is 0 Å². The summed E-state index contributed by atoms with van der Waals surface area (Å²) < 4.78 is 2.56. The lowest BCUT2D eigenvalue weighted by atomic mass is 9.91. The quantitative estimate of drug-likeness (QED) is 0.936. The SMILES string of the molecule is CC(C)n1ncc(Br)c1C(C)(O)c1ccc(C#N)cc1. The molecular weight excluding hydrogens is 318 g/mol. The highest BCUT2D eigenvalue weighted by Crippen LogP contribution is 2.35. The molecule has 2 aromatic rings. The van der Waals surface area contributed by atoms with Crippen molar-refractivity contribution in [1.82, 2.24) is 9.78 Å². The van der Waals surface area contributed by atoms with E-state index in [0.717, 1.165) is 10.0 Å². The zero-order chi connectivity index (χ0) is 14.9. The average Bonchev–Trinajstić information content (AvgIpc) is 2.81. The van der Waals surface area contributed by atoms with Crippen molar-refractivity contribution >= 4 is 15.9 Å². The summed E-state index contributed by atoms with van der Waals surface area (Å²) in [5, 5.41) is 24.1. The minimum atomic E-state index is -1.19. The van der Waals surface area contributed by atoms with Gasteiger partial charge in [-0.05, 0) is 54.4 Å². The van der Waals surface area contributed by atoms with Crippen LogP contribution >= 0.6 is 15.9 Å². The number of hydrogen-bond donors (Lipinski definition) is 1. The number of rotatable bonds is 3. The molecule has 2 rings (SSSR count). The molecule has 0 fully saturated rings. The Morgan fingerprint density at radius 2 is 1.95 bits per heavy atom. The molecule has 0 aliphatic heterocycles. The van der Waals surface area contributed by atoms with Crippen LogP contribution in [-0.2, 0) is 5.60 Å². The normalized spacial score (nSPS) is 14.1. The molecule has 1 aromatic carbocycles. The van der Waals surface area contributed by atoms with Gasteiger partial charge in [0.15, 0.2) is 0 Å². The van der Waals surface area contributed by atoms with Gasteiger partial charge in [-0.2, -0.15) is 10.4 Å². The first-order valence-corrected chi connectivity index (χ1v) is 7.13. The second-order valence-electron chi connectivity index (χ2n) is 5.14. The zero-order valence-electron chi connectivity index (χ0n) is 11.6. The maximum atomic E-state index is 10.9. The number of nitrogens with zero attached hydrogens (tertiary/aromatic N) is 3. The fourth-order valence-corrected chi connectivity index (χ4v) is 2.85. The van der Waals surface area contributed by atoms with E-state index in [1.54, 1.807) is 42.1 Å². The maximum absolute atomic E-state index is 10.9. The van der Waals surface area contributed by atoms with E-state index in [0.29, 0.717) is 11.3 Å². The van der Waals surface area contributed by atoms with Crippen molar-refractivity contribution in [2.75, 3.05) is 0 Å². The fraction of sp³-hybridized carbons (Fsp3) is 0.333. The van der Waals surface area contributed by atoms with E-state index in [1.165, 1.54) is 0 Å².